The lowest BCUT2D eigenvalue weighted by Crippen LogP contribution is -2.18. The molecule has 170 valence electrons. The first-order valence-corrected chi connectivity index (χ1v) is 11.7. The first-order chi connectivity index (χ1) is 15.8. The van der Waals surface area contributed by atoms with Gasteiger partial charge in [0.2, 0.25) is 5.91 Å². The number of carbonyl (C=O) groups is 1. The van der Waals surface area contributed by atoms with Gasteiger partial charge in [-0.1, -0.05) is 23.4 Å². The molecule has 1 aromatic carbocycles. The lowest BCUT2D eigenvalue weighted by molar-refractivity contribution is -0.113. The number of carbonyl (C=O) groups excluding carboxylic acids is 1. The Morgan fingerprint density at radius 1 is 1.03 bits per heavy atom. The Morgan fingerprint density at radius 2 is 1.73 bits per heavy atom. The van der Waals surface area contributed by atoms with Crippen molar-refractivity contribution in [3.8, 4) is 17.3 Å². The predicted molar refractivity (Wildman–Crippen MR) is 129 cm³/mol. The maximum absolute atomic E-state index is 12.7. The Kier molecular flexibility index (Phi) is 6.75. The van der Waals surface area contributed by atoms with Gasteiger partial charge in [0, 0.05) is 34.6 Å². The summed E-state index contributed by atoms with van der Waals surface area (Å²) in [7, 11) is 0. The van der Waals surface area contributed by atoms with E-state index in [4.69, 9.17) is 11.6 Å². The largest absolute Gasteiger partial charge is 0.310 e. The summed E-state index contributed by atoms with van der Waals surface area (Å²) in [6.45, 7) is 8.33. The molecule has 0 fully saturated rings. The molecule has 3 heterocycles. The van der Waals surface area contributed by atoms with Crippen LogP contribution in [0.4, 0.5) is 5.82 Å². The van der Waals surface area contributed by atoms with Crippen molar-refractivity contribution >= 4 is 35.1 Å². The predicted octanol–water partition coefficient (Wildman–Crippen LogP) is 4.25. The number of hydrogen-bond acceptors (Lipinski definition) is 7. The summed E-state index contributed by atoms with van der Waals surface area (Å²) in [4.78, 5) is 21.6. The van der Waals surface area contributed by atoms with Crippen LogP contribution in [0.15, 0.2) is 41.6 Å². The number of thioether (sulfide) groups is 1. The van der Waals surface area contributed by atoms with Crippen molar-refractivity contribution in [1.82, 2.24) is 34.5 Å². The molecule has 0 spiro atoms. The first-order valence-electron chi connectivity index (χ1n) is 10.3. The van der Waals surface area contributed by atoms with Crippen LogP contribution in [0.5, 0.6) is 0 Å². The molecule has 3 aromatic heterocycles. The number of halogens is 1. The van der Waals surface area contributed by atoms with Crippen molar-refractivity contribution in [2.75, 3.05) is 11.1 Å². The van der Waals surface area contributed by atoms with Crippen LogP contribution >= 0.6 is 23.4 Å². The fourth-order valence-electron chi connectivity index (χ4n) is 3.35. The maximum Gasteiger partial charge on any atom is 0.252 e. The van der Waals surface area contributed by atoms with E-state index in [0.717, 1.165) is 28.5 Å². The molecule has 0 atom stereocenters. The highest BCUT2D eigenvalue weighted by molar-refractivity contribution is 7.99. The average Bonchev–Trinajstić information content (AvgIpc) is 3.34. The van der Waals surface area contributed by atoms with Gasteiger partial charge in [0.1, 0.15) is 5.82 Å². The minimum Gasteiger partial charge on any atom is -0.310 e. The summed E-state index contributed by atoms with van der Waals surface area (Å²) < 4.78 is 3.52. The minimum absolute atomic E-state index is 0.163. The second kappa shape index (κ2) is 9.72. The number of aryl methyl sites for hydroxylation is 3. The van der Waals surface area contributed by atoms with Gasteiger partial charge in [-0.2, -0.15) is 9.78 Å². The van der Waals surface area contributed by atoms with Gasteiger partial charge in [0.25, 0.3) is 5.95 Å². The topological polar surface area (TPSA) is 103 Å². The molecule has 4 rings (SSSR count). The number of hydrogen-bond donors (Lipinski definition) is 1. The Labute approximate surface area is 200 Å². The van der Waals surface area contributed by atoms with Crippen molar-refractivity contribution in [3.63, 3.8) is 0 Å². The number of amides is 1. The molecule has 0 radical (unpaired) electrons. The summed E-state index contributed by atoms with van der Waals surface area (Å²) >= 11 is 7.31. The molecule has 0 saturated carbocycles. The molecule has 0 aliphatic carbocycles. The molecular weight excluding hydrogens is 460 g/mol. The quantitative estimate of drug-likeness (QED) is 0.392. The van der Waals surface area contributed by atoms with Crippen LogP contribution in [-0.2, 0) is 11.3 Å². The van der Waals surface area contributed by atoms with E-state index in [1.165, 1.54) is 11.8 Å². The van der Waals surface area contributed by atoms with Gasteiger partial charge in [-0.15, -0.1) is 10.2 Å². The summed E-state index contributed by atoms with van der Waals surface area (Å²) in [5.74, 6) is 1.64. The van der Waals surface area contributed by atoms with Crippen molar-refractivity contribution in [2.24, 2.45) is 0 Å². The van der Waals surface area contributed by atoms with E-state index in [1.54, 1.807) is 10.7 Å². The van der Waals surface area contributed by atoms with Crippen LogP contribution in [0.3, 0.4) is 0 Å². The second-order valence-electron chi connectivity index (χ2n) is 7.43. The SMILES string of the molecule is CCn1c(SCC(=O)Nc2cc(C)nn2-c2nc(C)cc(C)n2)nnc1-c1ccc(Cl)cc1. The molecule has 9 nitrogen and oxygen atoms in total. The van der Waals surface area contributed by atoms with E-state index < -0.39 is 0 Å². The lowest BCUT2D eigenvalue weighted by atomic mass is 10.2. The highest BCUT2D eigenvalue weighted by atomic mass is 35.5. The Balaban J connectivity index is 1.48. The summed E-state index contributed by atoms with van der Waals surface area (Å²) in [5, 5.41) is 17.3. The average molecular weight is 483 g/mol. The third-order valence-electron chi connectivity index (χ3n) is 4.73. The zero-order chi connectivity index (χ0) is 23.5. The normalized spacial score (nSPS) is 11.1. The lowest BCUT2D eigenvalue weighted by Gasteiger charge is -2.09. The minimum atomic E-state index is -0.191. The van der Waals surface area contributed by atoms with E-state index in [-0.39, 0.29) is 11.7 Å². The molecule has 1 N–H and O–H groups in total. The molecule has 0 aliphatic rings. The van der Waals surface area contributed by atoms with E-state index in [1.807, 2.05) is 62.6 Å². The van der Waals surface area contributed by atoms with Gasteiger partial charge in [0.15, 0.2) is 11.0 Å². The smallest absolute Gasteiger partial charge is 0.252 e. The third-order valence-corrected chi connectivity index (χ3v) is 5.95. The third kappa shape index (κ3) is 5.23. The second-order valence-corrected chi connectivity index (χ2v) is 8.81. The van der Waals surface area contributed by atoms with Crippen LogP contribution < -0.4 is 5.32 Å². The van der Waals surface area contributed by atoms with Gasteiger partial charge in [-0.3, -0.25) is 4.79 Å². The van der Waals surface area contributed by atoms with Crippen LogP contribution in [0.2, 0.25) is 5.02 Å². The van der Waals surface area contributed by atoms with Gasteiger partial charge < -0.3 is 9.88 Å². The number of nitrogens with one attached hydrogen (secondary N) is 1. The highest BCUT2D eigenvalue weighted by Crippen LogP contribution is 2.25. The number of rotatable bonds is 7. The zero-order valence-electron chi connectivity index (χ0n) is 18.7. The van der Waals surface area contributed by atoms with E-state index in [9.17, 15) is 4.79 Å². The monoisotopic (exact) mass is 482 g/mol. The number of benzene rings is 1. The summed E-state index contributed by atoms with van der Waals surface area (Å²) in [6.07, 6.45) is 0. The molecule has 0 saturated heterocycles. The first kappa shape index (κ1) is 22.9. The van der Waals surface area contributed by atoms with Gasteiger partial charge in [0.05, 0.1) is 11.4 Å². The number of anilines is 1. The zero-order valence-corrected chi connectivity index (χ0v) is 20.3. The molecule has 11 heteroatoms. The van der Waals surface area contributed by atoms with Crippen molar-refractivity contribution in [2.45, 2.75) is 39.4 Å². The van der Waals surface area contributed by atoms with Gasteiger partial charge in [-0.05, 0) is 58.0 Å². The fraction of sp³-hybridized carbons (Fsp3) is 0.273. The molecule has 33 heavy (non-hydrogen) atoms. The maximum atomic E-state index is 12.7. The van der Waals surface area contributed by atoms with Gasteiger partial charge in [-0.25, -0.2) is 9.97 Å². The van der Waals surface area contributed by atoms with Crippen molar-refractivity contribution in [3.05, 3.63) is 58.5 Å². The standard InChI is InChI=1S/C22H23ClN8OS/c1-5-30-20(16-6-8-17(23)9-7-16)27-28-22(30)33-12-19(32)26-18-11-15(4)29-31(18)21-24-13(2)10-14(3)25-21/h6-11H,5,12H2,1-4H3,(H,26,32). The van der Waals surface area contributed by atoms with Crippen LogP contribution in [0, 0.1) is 20.8 Å². The Morgan fingerprint density at radius 3 is 2.39 bits per heavy atom. The Hall–Kier alpha value is -3.24. The van der Waals surface area contributed by atoms with Crippen molar-refractivity contribution in [1.29, 1.82) is 0 Å². The highest BCUT2D eigenvalue weighted by Gasteiger charge is 2.17. The number of aromatic nitrogens is 7. The molecule has 0 unspecified atom stereocenters. The number of nitrogens with zero attached hydrogens (tertiary/aromatic N) is 7. The summed E-state index contributed by atoms with van der Waals surface area (Å²) in [5.41, 5.74) is 3.32. The molecule has 0 bridgehead atoms. The molecule has 1 amide bonds. The van der Waals surface area contributed by atoms with Crippen LogP contribution in [-0.4, -0.2) is 46.2 Å². The fourth-order valence-corrected chi connectivity index (χ4v) is 4.27. The summed E-state index contributed by atoms with van der Waals surface area (Å²) in [6, 6.07) is 11.1. The van der Waals surface area contributed by atoms with E-state index in [2.05, 4.69) is 30.6 Å². The van der Waals surface area contributed by atoms with Crippen molar-refractivity contribution < 1.29 is 4.79 Å². The molecule has 4 aromatic rings. The molecule has 0 aliphatic heterocycles. The van der Waals surface area contributed by atoms with E-state index >= 15 is 0 Å². The van der Waals surface area contributed by atoms with Crippen LogP contribution in [0.1, 0.15) is 24.0 Å². The van der Waals surface area contributed by atoms with Crippen LogP contribution in [0.25, 0.3) is 17.3 Å². The van der Waals surface area contributed by atoms with E-state index in [0.29, 0.717) is 28.5 Å². The molecular formula is C22H23ClN8OS. The van der Waals surface area contributed by atoms with Gasteiger partial charge >= 0.3 is 0 Å². The Bertz CT molecular complexity index is 1280.